The first-order valence-corrected chi connectivity index (χ1v) is 11.8. The molecule has 3 aromatic heterocycles. The van der Waals surface area contributed by atoms with Gasteiger partial charge in [-0.05, 0) is 67.4 Å². The molecule has 0 saturated heterocycles. The van der Waals surface area contributed by atoms with Gasteiger partial charge in [0.05, 0.1) is 11.7 Å². The molecule has 1 aliphatic rings. The average Bonchev–Trinajstić information content (AvgIpc) is 3.31. The molecule has 0 unspecified atom stereocenters. The van der Waals surface area contributed by atoms with Crippen molar-refractivity contribution in [2.45, 2.75) is 34.6 Å². The third-order valence-electron chi connectivity index (χ3n) is 5.15. The van der Waals surface area contributed by atoms with Crippen LogP contribution in [0.2, 0.25) is 0 Å². The molecule has 7 nitrogen and oxygen atoms in total. The molecule has 5 rings (SSSR count). The number of aryl methyl sites for hydroxylation is 1. The van der Waals surface area contributed by atoms with Gasteiger partial charge in [-0.25, -0.2) is 0 Å². The highest BCUT2D eigenvalue weighted by atomic mass is 32.2. The maximum absolute atomic E-state index is 4.63. The zero-order valence-corrected chi connectivity index (χ0v) is 19.1. The van der Waals surface area contributed by atoms with E-state index in [2.05, 4.69) is 60.5 Å². The molecule has 0 spiro atoms. The van der Waals surface area contributed by atoms with Crippen LogP contribution < -0.4 is 5.32 Å². The fraction of sp³-hybridized carbons (Fsp3) is 0.273. The Morgan fingerprint density at radius 3 is 2.94 bits per heavy atom. The second kappa shape index (κ2) is 8.86. The van der Waals surface area contributed by atoms with Crippen molar-refractivity contribution in [1.29, 1.82) is 0 Å². The summed E-state index contributed by atoms with van der Waals surface area (Å²) in [6.07, 6.45) is 10.1. The first-order valence-electron chi connectivity index (χ1n) is 10.2. The molecule has 1 aromatic carbocycles. The van der Waals surface area contributed by atoms with Crippen LogP contribution >= 0.6 is 23.5 Å². The predicted octanol–water partition coefficient (Wildman–Crippen LogP) is 4.37. The molecular weight excluding hydrogens is 426 g/mol. The lowest BCUT2D eigenvalue weighted by Crippen LogP contribution is -2.07. The van der Waals surface area contributed by atoms with Crippen molar-refractivity contribution < 1.29 is 0 Å². The normalized spacial score (nSPS) is 13.8. The number of rotatable bonds is 6. The summed E-state index contributed by atoms with van der Waals surface area (Å²) in [5.41, 5.74) is 3.11. The van der Waals surface area contributed by atoms with Gasteiger partial charge in [-0.2, -0.15) is 5.10 Å². The SMILES string of the molecule is CNCCC1=CCCn2c(nnc2Sc2ccc3ncc(-c4cnn(C)c4)cc3c2)S1. The molecule has 1 aliphatic heterocycles. The van der Waals surface area contributed by atoms with Crippen LogP contribution in [0.4, 0.5) is 0 Å². The molecule has 31 heavy (non-hydrogen) atoms. The maximum atomic E-state index is 4.63. The molecule has 4 heterocycles. The number of hydrogen-bond acceptors (Lipinski definition) is 7. The van der Waals surface area contributed by atoms with E-state index < -0.39 is 0 Å². The Hall–Kier alpha value is -2.62. The number of nitrogens with zero attached hydrogens (tertiary/aromatic N) is 6. The molecule has 158 valence electrons. The Morgan fingerprint density at radius 1 is 1.16 bits per heavy atom. The fourth-order valence-corrected chi connectivity index (χ4v) is 5.51. The highest BCUT2D eigenvalue weighted by Crippen LogP contribution is 2.36. The summed E-state index contributed by atoms with van der Waals surface area (Å²) in [4.78, 5) is 7.11. The fourth-order valence-electron chi connectivity index (χ4n) is 3.54. The molecule has 0 aliphatic carbocycles. The van der Waals surface area contributed by atoms with Gasteiger partial charge < -0.3 is 5.32 Å². The van der Waals surface area contributed by atoms with Crippen LogP contribution in [-0.2, 0) is 13.6 Å². The predicted molar refractivity (Wildman–Crippen MR) is 125 cm³/mol. The molecule has 1 N–H and O–H groups in total. The van der Waals surface area contributed by atoms with Crippen molar-refractivity contribution in [3.05, 3.63) is 53.8 Å². The average molecular weight is 450 g/mol. The minimum absolute atomic E-state index is 0.904. The van der Waals surface area contributed by atoms with Crippen molar-refractivity contribution in [3.8, 4) is 11.1 Å². The topological polar surface area (TPSA) is 73.5 Å². The van der Waals surface area contributed by atoms with Gasteiger partial charge in [0.1, 0.15) is 0 Å². The first kappa shape index (κ1) is 20.3. The number of pyridine rings is 1. The van der Waals surface area contributed by atoms with Crippen molar-refractivity contribution in [2.24, 2.45) is 7.05 Å². The molecule has 4 aromatic rings. The summed E-state index contributed by atoms with van der Waals surface area (Å²) >= 11 is 3.39. The summed E-state index contributed by atoms with van der Waals surface area (Å²) in [6, 6.07) is 8.51. The van der Waals surface area contributed by atoms with Crippen LogP contribution in [-0.4, -0.2) is 43.1 Å². The second-order valence-corrected chi connectivity index (χ2v) is 9.55. The molecule has 0 amide bonds. The standard InChI is InChI=1S/C22H23N7S2/c1-23-8-7-18-4-3-9-29-21(30-18)26-27-22(29)31-19-5-6-20-15(11-19)10-16(12-24-20)17-13-25-28(2)14-17/h4-6,10-14,23H,3,7-9H2,1-2H3. The van der Waals surface area contributed by atoms with E-state index >= 15 is 0 Å². The zero-order valence-electron chi connectivity index (χ0n) is 17.4. The lowest BCUT2D eigenvalue weighted by atomic mass is 10.1. The third-order valence-corrected chi connectivity index (χ3v) is 7.24. The van der Waals surface area contributed by atoms with Crippen molar-refractivity contribution >= 4 is 34.4 Å². The van der Waals surface area contributed by atoms with E-state index in [0.717, 1.165) is 63.2 Å². The van der Waals surface area contributed by atoms with Gasteiger partial charge in [-0.3, -0.25) is 14.2 Å². The summed E-state index contributed by atoms with van der Waals surface area (Å²) < 4.78 is 4.03. The number of aromatic nitrogens is 6. The van der Waals surface area contributed by atoms with Crippen LogP contribution in [0.5, 0.6) is 0 Å². The molecular formula is C22H23N7S2. The summed E-state index contributed by atoms with van der Waals surface area (Å²) in [5, 5.41) is 19.4. The van der Waals surface area contributed by atoms with Gasteiger partial charge in [0.25, 0.3) is 0 Å². The monoisotopic (exact) mass is 449 g/mol. The zero-order chi connectivity index (χ0) is 21.2. The van der Waals surface area contributed by atoms with E-state index in [4.69, 9.17) is 0 Å². The molecule has 0 saturated carbocycles. The van der Waals surface area contributed by atoms with Gasteiger partial charge in [-0.15, -0.1) is 10.2 Å². The Balaban J connectivity index is 1.39. The van der Waals surface area contributed by atoms with Crippen LogP contribution in [0.3, 0.4) is 0 Å². The third kappa shape index (κ3) is 4.39. The van der Waals surface area contributed by atoms with E-state index in [-0.39, 0.29) is 0 Å². The number of benzene rings is 1. The lowest BCUT2D eigenvalue weighted by molar-refractivity contribution is 0.596. The smallest absolute Gasteiger partial charge is 0.196 e. The highest BCUT2D eigenvalue weighted by Gasteiger charge is 2.18. The first-order chi connectivity index (χ1) is 15.2. The van der Waals surface area contributed by atoms with E-state index in [1.54, 1.807) is 28.2 Å². The Morgan fingerprint density at radius 2 is 2.10 bits per heavy atom. The summed E-state index contributed by atoms with van der Waals surface area (Å²) in [6.45, 7) is 1.88. The van der Waals surface area contributed by atoms with Crippen molar-refractivity contribution in [1.82, 2.24) is 34.8 Å². The molecule has 0 fully saturated rings. The lowest BCUT2D eigenvalue weighted by Gasteiger charge is -2.07. The molecule has 9 heteroatoms. The van der Waals surface area contributed by atoms with Gasteiger partial charge in [0.2, 0.25) is 0 Å². The molecule has 0 bridgehead atoms. The van der Waals surface area contributed by atoms with Crippen molar-refractivity contribution in [3.63, 3.8) is 0 Å². The Kier molecular flexibility index (Phi) is 5.80. The summed E-state index contributed by atoms with van der Waals surface area (Å²) in [7, 11) is 3.91. The van der Waals surface area contributed by atoms with E-state index in [9.17, 15) is 0 Å². The largest absolute Gasteiger partial charge is 0.319 e. The minimum Gasteiger partial charge on any atom is -0.319 e. The van der Waals surface area contributed by atoms with E-state index in [1.165, 1.54) is 4.91 Å². The van der Waals surface area contributed by atoms with Gasteiger partial charge in [0, 0.05) is 47.4 Å². The number of hydrogen-bond donors (Lipinski definition) is 1. The van der Waals surface area contributed by atoms with Gasteiger partial charge >= 0.3 is 0 Å². The Bertz CT molecular complexity index is 1260. The summed E-state index contributed by atoms with van der Waals surface area (Å²) in [5.74, 6) is 0. The quantitative estimate of drug-likeness (QED) is 0.469. The van der Waals surface area contributed by atoms with Crippen LogP contribution in [0.15, 0.2) is 69.0 Å². The number of nitrogens with one attached hydrogen (secondary N) is 1. The van der Waals surface area contributed by atoms with E-state index in [0.29, 0.717) is 0 Å². The number of thioether (sulfide) groups is 1. The van der Waals surface area contributed by atoms with Gasteiger partial charge in [-0.1, -0.05) is 17.8 Å². The Labute approximate surface area is 189 Å². The number of fused-ring (bicyclic) bond motifs is 2. The molecule has 0 atom stereocenters. The highest BCUT2D eigenvalue weighted by molar-refractivity contribution is 8.03. The number of allylic oxidation sites excluding steroid dienone is 1. The second-order valence-electron chi connectivity index (χ2n) is 7.41. The van der Waals surface area contributed by atoms with Crippen molar-refractivity contribution in [2.75, 3.05) is 13.6 Å². The van der Waals surface area contributed by atoms with Gasteiger partial charge in [0.15, 0.2) is 10.3 Å². The maximum Gasteiger partial charge on any atom is 0.196 e. The van der Waals surface area contributed by atoms with E-state index in [1.807, 2.05) is 32.7 Å². The van der Waals surface area contributed by atoms with Crippen LogP contribution in [0.25, 0.3) is 22.0 Å². The minimum atomic E-state index is 0.904. The molecule has 0 radical (unpaired) electrons. The van der Waals surface area contributed by atoms with Crippen LogP contribution in [0, 0.1) is 0 Å². The van der Waals surface area contributed by atoms with Crippen LogP contribution in [0.1, 0.15) is 12.8 Å².